The molecule has 0 unspecified atom stereocenters. The van der Waals surface area contributed by atoms with E-state index in [0.717, 1.165) is 39.4 Å². The third-order valence-electron chi connectivity index (χ3n) is 8.39. The first-order chi connectivity index (χ1) is 22.2. The molecule has 248 valence electrons. The number of aromatic nitrogens is 3. The van der Waals surface area contributed by atoms with Crippen molar-refractivity contribution in [1.29, 1.82) is 0 Å². The predicted octanol–water partition coefficient (Wildman–Crippen LogP) is 8.16. The molecular weight excluding hydrogens is 667 g/mol. The molecule has 7 nitrogen and oxygen atoms in total. The average molecular weight is 702 g/mol. The first-order valence-corrected chi connectivity index (χ1v) is 20.4. The second kappa shape index (κ2) is 14.3. The molecule has 0 radical (unpaired) electrons. The van der Waals surface area contributed by atoms with E-state index in [1.54, 1.807) is 23.9 Å². The van der Waals surface area contributed by atoms with Gasteiger partial charge < -0.3 is 4.74 Å². The van der Waals surface area contributed by atoms with Crippen LogP contribution in [0.25, 0.3) is 10.9 Å². The lowest BCUT2D eigenvalue weighted by atomic mass is 9.84. The minimum atomic E-state index is -4.63. The maximum absolute atomic E-state index is 13.9. The van der Waals surface area contributed by atoms with Crippen LogP contribution in [0.3, 0.4) is 0 Å². The molecule has 1 heterocycles. The number of thioether (sulfide) groups is 1. The van der Waals surface area contributed by atoms with Crippen molar-refractivity contribution in [3.63, 3.8) is 0 Å². The van der Waals surface area contributed by atoms with Crippen molar-refractivity contribution in [1.82, 2.24) is 15.0 Å². The summed E-state index contributed by atoms with van der Waals surface area (Å²) in [5, 5.41) is 8.37. The Morgan fingerprint density at radius 1 is 1.04 bits per heavy atom. The molecule has 0 N–H and O–H groups in total. The molecule has 5 rings (SSSR count). The van der Waals surface area contributed by atoms with E-state index in [1.807, 2.05) is 36.4 Å². The van der Waals surface area contributed by atoms with Crippen molar-refractivity contribution in [2.24, 2.45) is 17.8 Å². The van der Waals surface area contributed by atoms with E-state index in [1.165, 1.54) is 0 Å². The van der Waals surface area contributed by atoms with Crippen molar-refractivity contribution in [3.8, 4) is 0 Å². The summed E-state index contributed by atoms with van der Waals surface area (Å²) in [6, 6.07) is 18.3. The number of esters is 1. The highest BCUT2D eigenvalue weighted by Gasteiger charge is 2.46. The summed E-state index contributed by atoms with van der Waals surface area (Å²) in [6.07, 6.45) is -3.82. The maximum atomic E-state index is 13.9. The molecule has 0 aliphatic heterocycles. The summed E-state index contributed by atoms with van der Waals surface area (Å²) in [7, 11) is -1.52. The van der Waals surface area contributed by atoms with Gasteiger partial charge in [0.1, 0.15) is 5.52 Å². The number of halogens is 4. The standard InChI is InChI=1S/C34H35ClF3N3O4SSi/c1-47(2,3)16-15-45-33(44)30-23(19-41-32(43)28-18-24(34(36,37)38)10-14-29(28)39-40-41)9-13-27(30)31(42)22-7-11-26(12-8-22)46-20-21-5-4-6-25(35)17-21/h4-8,10-12,14,17-18,23,27,30H,9,13,15-16,19-20H2,1-3H3/t23-,27-,30-/m0/s1. The Hall–Kier alpha value is -3.48. The van der Waals surface area contributed by atoms with Crippen LogP contribution in [0.1, 0.15) is 34.3 Å². The van der Waals surface area contributed by atoms with Crippen LogP contribution in [0.4, 0.5) is 13.2 Å². The van der Waals surface area contributed by atoms with E-state index in [0.29, 0.717) is 29.2 Å². The summed E-state index contributed by atoms with van der Waals surface area (Å²) < 4.78 is 46.8. The smallest absolute Gasteiger partial charge is 0.416 e. The van der Waals surface area contributed by atoms with Crippen molar-refractivity contribution >= 4 is 54.1 Å². The van der Waals surface area contributed by atoms with Crippen LogP contribution in [0, 0.1) is 17.8 Å². The number of hydrogen-bond donors (Lipinski definition) is 0. The Morgan fingerprint density at radius 3 is 2.47 bits per heavy atom. The Kier molecular flexibility index (Phi) is 10.6. The first kappa shape index (κ1) is 34.8. The molecular formula is C34H35ClF3N3O4SSi. The Labute approximate surface area is 280 Å². The number of alkyl halides is 3. The van der Waals surface area contributed by atoms with Gasteiger partial charge in [-0.2, -0.15) is 13.2 Å². The van der Waals surface area contributed by atoms with Gasteiger partial charge in [-0.05, 0) is 72.8 Å². The van der Waals surface area contributed by atoms with Gasteiger partial charge in [0, 0.05) is 35.2 Å². The normalized spacial score (nSPS) is 18.4. The highest BCUT2D eigenvalue weighted by molar-refractivity contribution is 7.98. The van der Waals surface area contributed by atoms with Crippen LogP contribution in [-0.2, 0) is 28.0 Å². The molecule has 1 aromatic heterocycles. The van der Waals surface area contributed by atoms with Gasteiger partial charge in [-0.25, -0.2) is 4.68 Å². The zero-order valence-corrected chi connectivity index (χ0v) is 28.8. The molecule has 1 aliphatic rings. The van der Waals surface area contributed by atoms with E-state index in [9.17, 15) is 27.6 Å². The molecule has 3 atom stereocenters. The molecule has 0 amide bonds. The molecule has 1 aliphatic carbocycles. The quantitative estimate of drug-likeness (QED) is 0.0675. The van der Waals surface area contributed by atoms with Gasteiger partial charge in [0.2, 0.25) is 0 Å². The number of carbonyl (C=O) groups is 2. The van der Waals surface area contributed by atoms with Gasteiger partial charge in [-0.15, -0.1) is 16.9 Å². The summed E-state index contributed by atoms with van der Waals surface area (Å²) >= 11 is 7.70. The Balaban J connectivity index is 1.36. The Morgan fingerprint density at radius 2 is 1.79 bits per heavy atom. The number of nitrogens with zero attached hydrogens (tertiary/aromatic N) is 3. The van der Waals surface area contributed by atoms with Gasteiger partial charge in [0.25, 0.3) is 5.56 Å². The van der Waals surface area contributed by atoms with E-state index in [4.69, 9.17) is 16.3 Å². The fourth-order valence-corrected chi connectivity index (χ4v) is 7.58. The first-order valence-electron chi connectivity index (χ1n) is 15.3. The third-order valence-corrected chi connectivity index (χ3v) is 11.4. The zero-order valence-electron chi connectivity index (χ0n) is 26.2. The summed E-state index contributed by atoms with van der Waals surface area (Å²) in [5.74, 6) is -2.06. The molecule has 4 aromatic rings. The topological polar surface area (TPSA) is 91.2 Å². The summed E-state index contributed by atoms with van der Waals surface area (Å²) in [5.41, 5.74) is -0.134. The highest BCUT2D eigenvalue weighted by atomic mass is 35.5. The zero-order chi connectivity index (χ0) is 33.9. The average Bonchev–Trinajstić information content (AvgIpc) is 3.43. The highest BCUT2D eigenvalue weighted by Crippen LogP contribution is 2.41. The molecule has 3 aromatic carbocycles. The minimum Gasteiger partial charge on any atom is -0.466 e. The number of benzene rings is 3. The number of fused-ring (bicyclic) bond motifs is 1. The fraction of sp³-hybridized carbons (Fsp3) is 0.382. The number of rotatable bonds is 11. The van der Waals surface area contributed by atoms with Gasteiger partial charge in [-0.3, -0.25) is 14.4 Å². The van der Waals surface area contributed by atoms with Gasteiger partial charge in [0.15, 0.2) is 5.78 Å². The number of ether oxygens (including phenoxy) is 1. The monoisotopic (exact) mass is 701 g/mol. The summed E-state index contributed by atoms with van der Waals surface area (Å²) in [6.45, 7) is 6.63. The van der Waals surface area contributed by atoms with Crippen molar-refractivity contribution in [3.05, 3.63) is 98.8 Å². The molecule has 0 spiro atoms. The number of carbonyl (C=O) groups excluding carboxylic acids is 2. The summed E-state index contributed by atoms with van der Waals surface area (Å²) in [4.78, 5) is 41.7. The van der Waals surface area contributed by atoms with Gasteiger partial charge in [0.05, 0.1) is 30.0 Å². The van der Waals surface area contributed by atoms with Crippen LogP contribution in [0.15, 0.2) is 76.4 Å². The lowest BCUT2D eigenvalue weighted by Gasteiger charge is -2.24. The van der Waals surface area contributed by atoms with Crippen LogP contribution in [0.5, 0.6) is 0 Å². The minimum absolute atomic E-state index is 0.0372. The molecule has 47 heavy (non-hydrogen) atoms. The largest absolute Gasteiger partial charge is 0.466 e. The number of hydrogen-bond acceptors (Lipinski definition) is 7. The molecule has 0 bridgehead atoms. The SMILES string of the molecule is C[Si](C)(C)CCOC(=O)[C@H]1[C@H](Cn2nnc3ccc(C(F)(F)F)cc3c2=O)CC[C@@H]1C(=O)c1ccc(SCc2cccc(Cl)c2)cc1. The predicted molar refractivity (Wildman–Crippen MR) is 179 cm³/mol. The third kappa shape index (κ3) is 8.71. The van der Waals surface area contributed by atoms with Crippen molar-refractivity contribution in [2.45, 2.75) is 61.9 Å². The van der Waals surface area contributed by atoms with Crippen molar-refractivity contribution in [2.75, 3.05) is 6.61 Å². The lowest BCUT2D eigenvalue weighted by molar-refractivity contribution is -0.150. The van der Waals surface area contributed by atoms with E-state index in [2.05, 4.69) is 30.0 Å². The van der Waals surface area contributed by atoms with Crippen LogP contribution >= 0.6 is 23.4 Å². The second-order valence-corrected chi connectivity index (χ2v) is 20.2. The lowest BCUT2D eigenvalue weighted by Crippen LogP contribution is -2.36. The number of Topliss-reactive ketones (excluding diaryl/α,β-unsaturated/α-hetero) is 1. The van der Waals surface area contributed by atoms with Crippen LogP contribution in [0.2, 0.25) is 30.7 Å². The van der Waals surface area contributed by atoms with E-state index < -0.39 is 49.1 Å². The van der Waals surface area contributed by atoms with Crippen molar-refractivity contribution < 1.29 is 27.5 Å². The van der Waals surface area contributed by atoms with Crippen LogP contribution in [-0.4, -0.2) is 41.4 Å². The second-order valence-electron chi connectivity index (χ2n) is 13.1. The number of ketones is 1. The van der Waals surface area contributed by atoms with Gasteiger partial charge in [-0.1, -0.05) is 60.7 Å². The molecule has 1 fully saturated rings. The molecule has 1 saturated carbocycles. The van der Waals surface area contributed by atoms with Gasteiger partial charge >= 0.3 is 12.1 Å². The maximum Gasteiger partial charge on any atom is 0.416 e. The fourth-order valence-electron chi connectivity index (χ4n) is 5.81. The van der Waals surface area contributed by atoms with E-state index in [-0.39, 0.29) is 29.8 Å². The van der Waals surface area contributed by atoms with E-state index >= 15 is 0 Å². The van der Waals surface area contributed by atoms with Crippen LogP contribution < -0.4 is 5.56 Å². The molecule has 0 saturated heterocycles. The molecule has 13 heteroatoms. The Bertz CT molecular complexity index is 1830.